The van der Waals surface area contributed by atoms with E-state index in [4.69, 9.17) is 9.84 Å². The Kier molecular flexibility index (Phi) is 5.31. The third-order valence-electron chi connectivity index (χ3n) is 2.46. The molecule has 0 aliphatic carbocycles. The van der Waals surface area contributed by atoms with Crippen molar-refractivity contribution in [2.75, 3.05) is 19.7 Å². The van der Waals surface area contributed by atoms with E-state index in [0.717, 1.165) is 6.42 Å². The van der Waals surface area contributed by atoms with E-state index in [-0.39, 0.29) is 6.61 Å². The van der Waals surface area contributed by atoms with Crippen molar-refractivity contribution in [2.45, 2.75) is 18.9 Å². The lowest BCUT2D eigenvalue weighted by molar-refractivity contribution is -0.143. The molecule has 0 radical (unpaired) electrons. The number of carbonyl (C=O) groups is 3. The molecule has 1 rings (SSSR count). The molecule has 0 aromatic rings. The maximum atomic E-state index is 12.0. The summed E-state index contributed by atoms with van der Waals surface area (Å²) in [5, 5.41) is 11.6. The first-order valence-electron chi connectivity index (χ1n) is 5.60. The van der Waals surface area contributed by atoms with Crippen LogP contribution in [0.25, 0.3) is 0 Å². The molecule has 0 spiro atoms. The van der Waals surface area contributed by atoms with Crippen molar-refractivity contribution in [2.24, 2.45) is 0 Å². The molecular weight excluding hydrogens is 240 g/mol. The minimum Gasteiger partial charge on any atom is -0.480 e. The fourth-order valence-electron chi connectivity index (χ4n) is 1.66. The monoisotopic (exact) mass is 256 g/mol. The molecule has 0 bridgehead atoms. The van der Waals surface area contributed by atoms with E-state index in [1.807, 2.05) is 0 Å². The van der Waals surface area contributed by atoms with Crippen molar-refractivity contribution in [1.82, 2.24) is 10.2 Å². The number of carboxylic acid groups (broad SMARTS) is 1. The lowest BCUT2D eigenvalue weighted by Gasteiger charge is -2.21. The molecule has 0 aromatic carbocycles. The summed E-state index contributed by atoms with van der Waals surface area (Å²) in [6.07, 6.45) is 1.79. The molecule has 1 aliphatic rings. The molecule has 18 heavy (non-hydrogen) atoms. The van der Waals surface area contributed by atoms with Gasteiger partial charge in [-0.2, -0.15) is 0 Å². The first kappa shape index (κ1) is 14.2. The van der Waals surface area contributed by atoms with Crippen molar-refractivity contribution in [1.29, 1.82) is 0 Å². The molecule has 1 saturated heterocycles. The summed E-state index contributed by atoms with van der Waals surface area (Å²) in [4.78, 5) is 34.8. The van der Waals surface area contributed by atoms with Crippen molar-refractivity contribution < 1.29 is 24.2 Å². The van der Waals surface area contributed by atoms with Gasteiger partial charge in [0.2, 0.25) is 5.91 Å². The number of hydrogen-bond donors (Lipinski definition) is 2. The van der Waals surface area contributed by atoms with Gasteiger partial charge in [-0.15, -0.1) is 0 Å². The van der Waals surface area contributed by atoms with Crippen LogP contribution in [0.15, 0.2) is 12.7 Å². The highest BCUT2D eigenvalue weighted by atomic mass is 16.6. The van der Waals surface area contributed by atoms with Crippen LogP contribution in [0.3, 0.4) is 0 Å². The van der Waals surface area contributed by atoms with Gasteiger partial charge in [-0.25, -0.2) is 9.69 Å². The Morgan fingerprint density at radius 2 is 2.22 bits per heavy atom. The fourth-order valence-corrected chi connectivity index (χ4v) is 1.66. The number of amides is 2. The van der Waals surface area contributed by atoms with Gasteiger partial charge >= 0.3 is 12.1 Å². The molecule has 1 atom stereocenters. The highest BCUT2D eigenvalue weighted by Gasteiger charge is 2.32. The maximum absolute atomic E-state index is 12.0. The first-order chi connectivity index (χ1) is 8.56. The predicted molar refractivity (Wildman–Crippen MR) is 61.9 cm³/mol. The van der Waals surface area contributed by atoms with Crippen LogP contribution in [0.1, 0.15) is 12.8 Å². The van der Waals surface area contributed by atoms with Crippen LogP contribution in [0.4, 0.5) is 4.79 Å². The van der Waals surface area contributed by atoms with Gasteiger partial charge < -0.3 is 15.2 Å². The number of ether oxygens (including phenoxy) is 1. The molecule has 2 amide bonds. The summed E-state index contributed by atoms with van der Waals surface area (Å²) in [5.74, 6) is -1.83. The second-order valence-corrected chi connectivity index (χ2v) is 3.83. The zero-order chi connectivity index (χ0) is 13.5. The zero-order valence-electron chi connectivity index (χ0n) is 9.92. The minimum atomic E-state index is -1.27. The Bertz CT molecular complexity index is 349. The summed E-state index contributed by atoms with van der Waals surface area (Å²) in [7, 11) is 0. The summed E-state index contributed by atoms with van der Waals surface area (Å²) >= 11 is 0. The molecule has 1 heterocycles. The quantitative estimate of drug-likeness (QED) is 0.671. The SMILES string of the molecule is C=CCOC(=O)N(CC(=O)O)C(=O)C1CCCN1. The minimum absolute atomic E-state index is 0.0691. The van der Waals surface area contributed by atoms with Crippen molar-refractivity contribution in [3.8, 4) is 0 Å². The largest absolute Gasteiger partial charge is 0.480 e. The Morgan fingerprint density at radius 3 is 2.72 bits per heavy atom. The van der Waals surface area contributed by atoms with Crippen LogP contribution in [0, 0.1) is 0 Å². The smallest absolute Gasteiger partial charge is 0.417 e. The fraction of sp³-hybridized carbons (Fsp3) is 0.545. The van der Waals surface area contributed by atoms with Crippen LogP contribution in [-0.4, -0.2) is 53.7 Å². The summed E-state index contributed by atoms with van der Waals surface area (Å²) < 4.78 is 4.69. The van der Waals surface area contributed by atoms with E-state index >= 15 is 0 Å². The second-order valence-electron chi connectivity index (χ2n) is 3.83. The summed E-state index contributed by atoms with van der Waals surface area (Å²) in [6.45, 7) is 3.27. The zero-order valence-corrected chi connectivity index (χ0v) is 9.92. The van der Waals surface area contributed by atoms with Gasteiger partial charge in [0.25, 0.3) is 0 Å². The third-order valence-corrected chi connectivity index (χ3v) is 2.46. The van der Waals surface area contributed by atoms with Gasteiger partial charge in [0, 0.05) is 0 Å². The van der Waals surface area contributed by atoms with Crippen molar-refractivity contribution in [3.63, 3.8) is 0 Å². The van der Waals surface area contributed by atoms with E-state index in [0.29, 0.717) is 17.9 Å². The van der Waals surface area contributed by atoms with E-state index < -0.39 is 30.6 Å². The summed E-state index contributed by atoms with van der Waals surface area (Å²) in [6, 6.07) is -0.513. The Hall–Kier alpha value is -1.89. The molecular formula is C11H16N2O5. The van der Waals surface area contributed by atoms with Crippen LogP contribution in [0.5, 0.6) is 0 Å². The first-order valence-corrected chi connectivity index (χ1v) is 5.60. The second kappa shape index (κ2) is 6.75. The molecule has 0 saturated carbocycles. The highest BCUT2D eigenvalue weighted by molar-refractivity contribution is 5.97. The average Bonchev–Trinajstić information content (AvgIpc) is 2.85. The molecule has 100 valence electrons. The van der Waals surface area contributed by atoms with Crippen LogP contribution < -0.4 is 5.32 Å². The van der Waals surface area contributed by atoms with Gasteiger partial charge in [-0.3, -0.25) is 9.59 Å². The highest BCUT2D eigenvalue weighted by Crippen LogP contribution is 2.09. The standard InChI is InChI=1S/C11H16N2O5/c1-2-6-18-11(17)13(7-9(14)15)10(16)8-4-3-5-12-8/h2,8,12H,1,3-7H2,(H,14,15). The molecule has 7 nitrogen and oxygen atoms in total. The molecule has 1 fully saturated rings. The summed E-state index contributed by atoms with van der Waals surface area (Å²) in [5.41, 5.74) is 0. The average molecular weight is 256 g/mol. The maximum Gasteiger partial charge on any atom is 0.417 e. The van der Waals surface area contributed by atoms with Gasteiger partial charge in [0.1, 0.15) is 13.2 Å². The lowest BCUT2D eigenvalue weighted by Crippen LogP contribution is -2.48. The van der Waals surface area contributed by atoms with Crippen molar-refractivity contribution >= 4 is 18.0 Å². The van der Waals surface area contributed by atoms with E-state index in [9.17, 15) is 14.4 Å². The van der Waals surface area contributed by atoms with Gasteiger partial charge in [-0.1, -0.05) is 12.7 Å². The number of carboxylic acids is 1. The molecule has 1 unspecified atom stereocenters. The van der Waals surface area contributed by atoms with Crippen LogP contribution >= 0.6 is 0 Å². The number of nitrogens with one attached hydrogen (secondary N) is 1. The Balaban J connectivity index is 2.69. The van der Waals surface area contributed by atoms with Crippen molar-refractivity contribution in [3.05, 3.63) is 12.7 Å². The number of hydrogen-bond acceptors (Lipinski definition) is 5. The van der Waals surface area contributed by atoms with Gasteiger partial charge in [0.05, 0.1) is 6.04 Å². The number of imide groups is 1. The topological polar surface area (TPSA) is 95.9 Å². The molecule has 7 heteroatoms. The van der Waals surface area contributed by atoms with E-state index in [2.05, 4.69) is 11.9 Å². The Labute approximate surface area is 104 Å². The number of carbonyl (C=O) groups excluding carboxylic acids is 2. The van der Waals surface area contributed by atoms with Gasteiger partial charge in [0.15, 0.2) is 0 Å². The van der Waals surface area contributed by atoms with Gasteiger partial charge in [-0.05, 0) is 19.4 Å². The van der Waals surface area contributed by atoms with E-state index in [1.54, 1.807) is 0 Å². The third kappa shape index (κ3) is 3.85. The number of rotatable bonds is 5. The van der Waals surface area contributed by atoms with Crippen LogP contribution in [0.2, 0.25) is 0 Å². The number of aliphatic carboxylic acids is 1. The lowest BCUT2D eigenvalue weighted by atomic mass is 10.2. The molecule has 2 N–H and O–H groups in total. The predicted octanol–water partition coefficient (Wildman–Crippen LogP) is -0.0258. The Morgan fingerprint density at radius 1 is 1.50 bits per heavy atom. The van der Waals surface area contributed by atoms with Crippen LogP contribution in [-0.2, 0) is 14.3 Å². The molecule has 0 aromatic heterocycles. The molecule has 1 aliphatic heterocycles. The normalized spacial score (nSPS) is 18.1. The number of nitrogens with zero attached hydrogens (tertiary/aromatic N) is 1. The van der Waals surface area contributed by atoms with E-state index in [1.165, 1.54) is 6.08 Å².